The molecule has 1 aliphatic heterocycles. The van der Waals surface area contributed by atoms with Crippen molar-refractivity contribution in [3.63, 3.8) is 0 Å². The molecule has 0 bridgehead atoms. The molecule has 0 aliphatic carbocycles. The van der Waals surface area contributed by atoms with Crippen LogP contribution in [-0.4, -0.2) is 19.0 Å². The highest BCUT2D eigenvalue weighted by atomic mass is 16.1. The second kappa shape index (κ2) is 5.39. The minimum absolute atomic E-state index is 0.238. The average Bonchev–Trinajstić information content (AvgIpc) is 2.36. The van der Waals surface area contributed by atoms with E-state index in [9.17, 15) is 4.79 Å². The molecule has 1 aliphatic rings. The van der Waals surface area contributed by atoms with Gasteiger partial charge in [0.1, 0.15) is 6.54 Å². The van der Waals surface area contributed by atoms with Gasteiger partial charge >= 0.3 is 0 Å². The molecule has 0 saturated heterocycles. The third kappa shape index (κ3) is 3.00. The van der Waals surface area contributed by atoms with Crippen LogP contribution < -0.4 is 5.32 Å². The second-order valence-corrected chi connectivity index (χ2v) is 3.97. The number of benzene rings is 1. The van der Waals surface area contributed by atoms with Gasteiger partial charge < -0.3 is 5.32 Å². The predicted octanol–water partition coefficient (Wildman–Crippen LogP) is 2.09. The lowest BCUT2D eigenvalue weighted by Gasteiger charge is -2.13. The van der Waals surface area contributed by atoms with Crippen molar-refractivity contribution in [1.82, 2.24) is 5.32 Å². The predicted molar refractivity (Wildman–Crippen MR) is 65.6 cm³/mol. The van der Waals surface area contributed by atoms with Crippen molar-refractivity contribution in [3.05, 3.63) is 47.2 Å². The molecular formula is C13H15N3O. The number of nitrogens with zero attached hydrogens (tertiary/aromatic N) is 2. The highest BCUT2D eigenvalue weighted by molar-refractivity contribution is 5.94. The van der Waals surface area contributed by atoms with E-state index in [4.69, 9.17) is 0 Å². The fraction of sp³-hybridized carbons (Fsp3) is 0.308. The number of azo groups is 1. The van der Waals surface area contributed by atoms with Gasteiger partial charge in [0.25, 0.3) is 5.91 Å². The molecule has 1 aromatic rings. The number of hydrogen-bond acceptors (Lipinski definition) is 3. The van der Waals surface area contributed by atoms with Crippen LogP contribution in [0.1, 0.15) is 12.5 Å². The van der Waals surface area contributed by atoms with E-state index in [-0.39, 0.29) is 5.91 Å². The summed E-state index contributed by atoms with van der Waals surface area (Å²) in [5.74, 6) is -0.238. The Bertz CT molecular complexity index is 463. The van der Waals surface area contributed by atoms with Crippen molar-refractivity contribution in [2.45, 2.75) is 13.3 Å². The molecule has 2 rings (SSSR count). The SMILES string of the molecule is CC1=C(NCCc2ccccc2)CN=NC1=O. The maximum Gasteiger partial charge on any atom is 0.292 e. The quantitative estimate of drug-likeness (QED) is 0.859. The lowest BCUT2D eigenvalue weighted by molar-refractivity contribution is -0.115. The third-order valence-electron chi connectivity index (χ3n) is 2.76. The second-order valence-electron chi connectivity index (χ2n) is 3.97. The van der Waals surface area contributed by atoms with Gasteiger partial charge in [-0.25, -0.2) is 0 Å². The third-order valence-corrected chi connectivity index (χ3v) is 2.76. The van der Waals surface area contributed by atoms with E-state index in [0.717, 1.165) is 18.7 Å². The highest BCUT2D eigenvalue weighted by Gasteiger charge is 2.13. The van der Waals surface area contributed by atoms with E-state index < -0.39 is 0 Å². The van der Waals surface area contributed by atoms with Crippen molar-refractivity contribution < 1.29 is 4.79 Å². The van der Waals surface area contributed by atoms with Gasteiger partial charge in [-0.15, -0.1) is 5.11 Å². The van der Waals surface area contributed by atoms with Gasteiger partial charge in [0.15, 0.2) is 0 Å². The van der Waals surface area contributed by atoms with E-state index in [2.05, 4.69) is 27.7 Å². The van der Waals surface area contributed by atoms with Crippen LogP contribution in [0.25, 0.3) is 0 Å². The largest absolute Gasteiger partial charge is 0.386 e. The lowest BCUT2D eigenvalue weighted by Crippen LogP contribution is -2.23. The normalized spacial score (nSPS) is 15.2. The van der Waals surface area contributed by atoms with Crippen LogP contribution in [0.2, 0.25) is 0 Å². The summed E-state index contributed by atoms with van der Waals surface area (Å²) in [5.41, 5.74) is 2.84. The van der Waals surface area contributed by atoms with Crippen LogP contribution in [0, 0.1) is 0 Å². The zero-order valence-corrected chi connectivity index (χ0v) is 9.81. The molecule has 17 heavy (non-hydrogen) atoms. The first kappa shape index (κ1) is 11.5. The van der Waals surface area contributed by atoms with Crippen molar-refractivity contribution in [3.8, 4) is 0 Å². The Kier molecular flexibility index (Phi) is 3.65. The summed E-state index contributed by atoms with van der Waals surface area (Å²) in [6.45, 7) is 3.07. The Morgan fingerprint density at radius 2 is 2.06 bits per heavy atom. The maximum absolute atomic E-state index is 11.3. The van der Waals surface area contributed by atoms with Crippen molar-refractivity contribution in [2.75, 3.05) is 13.1 Å². The summed E-state index contributed by atoms with van der Waals surface area (Å²) >= 11 is 0. The van der Waals surface area contributed by atoms with E-state index >= 15 is 0 Å². The Balaban J connectivity index is 1.87. The molecule has 1 amide bonds. The minimum Gasteiger partial charge on any atom is -0.386 e. The molecule has 4 nitrogen and oxygen atoms in total. The maximum atomic E-state index is 11.3. The molecule has 0 radical (unpaired) electrons. The minimum atomic E-state index is -0.238. The molecule has 0 fully saturated rings. The molecule has 0 saturated carbocycles. The Labute approximate surface area is 100 Å². The number of carbonyl (C=O) groups is 1. The Morgan fingerprint density at radius 3 is 2.82 bits per heavy atom. The fourth-order valence-electron chi connectivity index (χ4n) is 1.68. The summed E-state index contributed by atoms with van der Waals surface area (Å²) < 4.78 is 0. The smallest absolute Gasteiger partial charge is 0.292 e. The van der Waals surface area contributed by atoms with Gasteiger partial charge in [0.2, 0.25) is 0 Å². The summed E-state index contributed by atoms with van der Waals surface area (Å²) in [5, 5.41) is 10.5. The number of carbonyl (C=O) groups excluding carboxylic acids is 1. The first-order chi connectivity index (χ1) is 8.27. The van der Waals surface area contributed by atoms with Crippen LogP contribution in [0.3, 0.4) is 0 Å². The topological polar surface area (TPSA) is 53.8 Å². The van der Waals surface area contributed by atoms with E-state index in [1.165, 1.54) is 5.56 Å². The van der Waals surface area contributed by atoms with Crippen molar-refractivity contribution in [1.29, 1.82) is 0 Å². The van der Waals surface area contributed by atoms with Crippen molar-refractivity contribution >= 4 is 5.91 Å². The standard InChI is InChI=1S/C13H15N3O/c1-10-12(9-15-16-13(10)17)14-8-7-11-5-3-2-4-6-11/h2-6,14H,7-9H2,1H3. The van der Waals surface area contributed by atoms with Gasteiger partial charge in [-0.1, -0.05) is 30.3 Å². The zero-order valence-electron chi connectivity index (χ0n) is 9.81. The molecule has 4 heteroatoms. The number of nitrogens with one attached hydrogen (secondary N) is 1. The van der Waals surface area contributed by atoms with Crippen LogP contribution in [0.15, 0.2) is 51.8 Å². The van der Waals surface area contributed by atoms with Crippen LogP contribution in [0.5, 0.6) is 0 Å². The lowest BCUT2D eigenvalue weighted by atomic mass is 10.1. The van der Waals surface area contributed by atoms with Gasteiger partial charge in [-0.2, -0.15) is 5.11 Å². The fourth-order valence-corrected chi connectivity index (χ4v) is 1.68. The summed E-state index contributed by atoms with van der Waals surface area (Å²) in [6.07, 6.45) is 0.933. The zero-order chi connectivity index (χ0) is 12.1. The molecule has 0 aromatic heterocycles. The molecule has 1 heterocycles. The molecule has 1 N–H and O–H groups in total. The number of rotatable bonds is 4. The summed E-state index contributed by atoms with van der Waals surface area (Å²) in [7, 11) is 0. The van der Waals surface area contributed by atoms with Crippen LogP contribution in [-0.2, 0) is 11.2 Å². The highest BCUT2D eigenvalue weighted by Crippen LogP contribution is 2.10. The summed E-state index contributed by atoms with van der Waals surface area (Å²) in [6, 6.07) is 10.2. The van der Waals surface area contributed by atoms with Crippen LogP contribution >= 0.6 is 0 Å². The molecule has 0 unspecified atom stereocenters. The number of amides is 1. The first-order valence-corrected chi connectivity index (χ1v) is 5.67. The van der Waals surface area contributed by atoms with Gasteiger partial charge in [-0.3, -0.25) is 4.79 Å². The van der Waals surface area contributed by atoms with Gasteiger partial charge in [0.05, 0.1) is 0 Å². The summed E-state index contributed by atoms with van der Waals surface area (Å²) in [4.78, 5) is 11.3. The molecule has 88 valence electrons. The average molecular weight is 229 g/mol. The molecular weight excluding hydrogens is 214 g/mol. The van der Waals surface area contributed by atoms with E-state index in [1.807, 2.05) is 18.2 Å². The van der Waals surface area contributed by atoms with Crippen molar-refractivity contribution in [2.24, 2.45) is 10.2 Å². The van der Waals surface area contributed by atoms with Crippen LogP contribution in [0.4, 0.5) is 0 Å². The number of hydrogen-bond donors (Lipinski definition) is 1. The molecule has 0 atom stereocenters. The van der Waals surface area contributed by atoms with E-state index in [1.54, 1.807) is 6.92 Å². The molecule has 0 spiro atoms. The van der Waals surface area contributed by atoms with E-state index in [0.29, 0.717) is 12.1 Å². The Morgan fingerprint density at radius 1 is 1.29 bits per heavy atom. The monoisotopic (exact) mass is 229 g/mol. The van der Waals surface area contributed by atoms with Gasteiger partial charge in [0, 0.05) is 17.8 Å². The van der Waals surface area contributed by atoms with Gasteiger partial charge in [-0.05, 0) is 18.9 Å². The Hall–Kier alpha value is -1.97. The first-order valence-electron chi connectivity index (χ1n) is 5.67. The molecule has 1 aromatic carbocycles.